The minimum absolute atomic E-state index is 0.170. The topological polar surface area (TPSA) is 12.4 Å². The van der Waals surface area contributed by atoms with Crippen LogP contribution in [0.25, 0.3) is 0 Å². The monoisotopic (exact) mass is 335 g/mol. The van der Waals surface area contributed by atoms with Crippen LogP contribution in [0, 0.1) is 17.3 Å². The summed E-state index contributed by atoms with van der Waals surface area (Å²) in [6, 6.07) is 6.68. The summed E-state index contributed by atoms with van der Waals surface area (Å²) < 4.78 is 0. The van der Waals surface area contributed by atoms with E-state index in [0.717, 1.165) is 12.3 Å². The highest BCUT2D eigenvalue weighted by atomic mass is 14.8. The van der Waals surface area contributed by atoms with E-state index in [9.17, 15) is 0 Å². The second-order valence-corrected chi connectivity index (χ2v) is 8.91. The van der Waals surface area contributed by atoms with Gasteiger partial charge in [0, 0.05) is 11.6 Å². The molecule has 0 aromatic heterocycles. The second-order valence-electron chi connectivity index (χ2n) is 8.91. The first-order valence-corrected chi connectivity index (χ1v) is 9.83. The molecule has 0 amide bonds. The molecule has 0 radical (unpaired) electrons. The van der Waals surface area contributed by atoms with Crippen molar-refractivity contribution in [1.82, 2.24) is 0 Å². The van der Waals surface area contributed by atoms with Gasteiger partial charge >= 0.3 is 0 Å². The summed E-state index contributed by atoms with van der Waals surface area (Å²) in [6.07, 6.45) is 10.7. The van der Waals surface area contributed by atoms with E-state index >= 15 is 0 Å². The largest absolute Gasteiger partial charge is 0.260 e. The summed E-state index contributed by atoms with van der Waals surface area (Å²) >= 11 is 0. The van der Waals surface area contributed by atoms with Crippen LogP contribution in [0.4, 0.5) is 5.69 Å². The zero-order valence-electron chi connectivity index (χ0n) is 16.5. The molecule has 0 saturated heterocycles. The van der Waals surface area contributed by atoms with Crippen LogP contribution >= 0.6 is 0 Å². The van der Waals surface area contributed by atoms with Crippen molar-refractivity contribution in [2.75, 3.05) is 0 Å². The Morgan fingerprint density at radius 1 is 1.20 bits per heavy atom. The number of allylic oxidation sites excluding steroid dienone is 3. The maximum atomic E-state index is 5.17. The molecule has 1 fully saturated rings. The summed E-state index contributed by atoms with van der Waals surface area (Å²) in [5.41, 5.74) is 5.39. The lowest BCUT2D eigenvalue weighted by molar-refractivity contribution is 0.354. The van der Waals surface area contributed by atoms with E-state index in [1.807, 2.05) is 0 Å². The Morgan fingerprint density at radius 3 is 2.28 bits per heavy atom. The number of nitrogens with zero attached hydrogens (tertiary/aromatic N) is 1. The highest BCUT2D eigenvalue weighted by Crippen LogP contribution is 2.54. The van der Waals surface area contributed by atoms with Crippen LogP contribution in [0.1, 0.15) is 76.8 Å². The lowest BCUT2D eigenvalue weighted by atomic mass is 9.72. The van der Waals surface area contributed by atoms with E-state index in [0.29, 0.717) is 17.8 Å². The maximum Gasteiger partial charge on any atom is 0.0695 e. The van der Waals surface area contributed by atoms with Gasteiger partial charge in [-0.15, -0.1) is 6.58 Å². The molecule has 2 aliphatic carbocycles. The Bertz CT molecular complexity index is 681. The summed E-state index contributed by atoms with van der Waals surface area (Å²) in [5.74, 6) is 2.35. The molecule has 3 rings (SSSR count). The molecule has 1 nitrogen and oxygen atoms in total. The first-order valence-electron chi connectivity index (χ1n) is 9.83. The molecule has 25 heavy (non-hydrogen) atoms. The standard InChI is InChI=1S/C24H33N/c1-16(2)13-24(14-19-10-11-20(24)12-19)15-25-23-21(17(3)4)8-7-9-22(23)18(5)6/h7-11,15,17-20H,1,12-14H2,2-6H3. The average Bonchev–Trinajstić information content (AvgIpc) is 3.12. The summed E-state index contributed by atoms with van der Waals surface area (Å²) in [6.45, 7) is 15.4. The second kappa shape index (κ2) is 6.94. The van der Waals surface area contributed by atoms with E-state index in [2.05, 4.69) is 77.8 Å². The van der Waals surface area contributed by atoms with Crippen molar-refractivity contribution in [3.8, 4) is 0 Å². The van der Waals surface area contributed by atoms with Crippen LogP contribution in [0.15, 0.2) is 47.5 Å². The van der Waals surface area contributed by atoms with Crippen molar-refractivity contribution < 1.29 is 0 Å². The van der Waals surface area contributed by atoms with Crippen molar-refractivity contribution >= 4 is 11.9 Å². The predicted molar refractivity (Wildman–Crippen MR) is 110 cm³/mol. The molecule has 2 bridgehead atoms. The molecule has 1 saturated carbocycles. The fourth-order valence-corrected chi connectivity index (χ4v) is 4.80. The molecule has 0 heterocycles. The molecule has 2 aliphatic rings. The van der Waals surface area contributed by atoms with Crippen molar-refractivity contribution in [3.05, 3.63) is 53.6 Å². The zero-order chi connectivity index (χ0) is 18.2. The molecular formula is C24H33N. The zero-order valence-corrected chi connectivity index (χ0v) is 16.5. The first kappa shape index (κ1) is 18.2. The van der Waals surface area contributed by atoms with E-state index < -0.39 is 0 Å². The molecule has 3 unspecified atom stereocenters. The molecular weight excluding hydrogens is 302 g/mol. The van der Waals surface area contributed by atoms with Crippen molar-refractivity contribution in [3.63, 3.8) is 0 Å². The van der Waals surface area contributed by atoms with E-state index in [1.54, 1.807) is 0 Å². The van der Waals surface area contributed by atoms with Gasteiger partial charge in [0.15, 0.2) is 0 Å². The quantitative estimate of drug-likeness (QED) is 0.385. The lowest BCUT2D eigenvalue weighted by Crippen LogP contribution is -2.28. The molecule has 1 aromatic carbocycles. The van der Waals surface area contributed by atoms with E-state index in [-0.39, 0.29) is 5.41 Å². The highest BCUT2D eigenvalue weighted by molar-refractivity contribution is 5.74. The predicted octanol–water partition coefficient (Wildman–Crippen LogP) is 7.18. The van der Waals surface area contributed by atoms with Crippen LogP contribution in [0.5, 0.6) is 0 Å². The minimum atomic E-state index is 0.170. The van der Waals surface area contributed by atoms with Crippen LogP contribution in [0.3, 0.4) is 0 Å². The summed E-state index contributed by atoms with van der Waals surface area (Å²) in [4.78, 5) is 5.17. The Balaban J connectivity index is 2.02. The lowest BCUT2D eigenvalue weighted by Gasteiger charge is -2.32. The van der Waals surface area contributed by atoms with Crippen LogP contribution in [-0.2, 0) is 0 Å². The highest BCUT2D eigenvalue weighted by Gasteiger charge is 2.47. The van der Waals surface area contributed by atoms with Crippen molar-refractivity contribution in [2.45, 2.75) is 65.7 Å². The van der Waals surface area contributed by atoms with Crippen molar-refractivity contribution in [2.24, 2.45) is 22.2 Å². The maximum absolute atomic E-state index is 5.17. The van der Waals surface area contributed by atoms with Gasteiger partial charge in [-0.25, -0.2) is 0 Å². The van der Waals surface area contributed by atoms with Gasteiger partial charge in [-0.2, -0.15) is 0 Å². The van der Waals surface area contributed by atoms with Gasteiger partial charge in [-0.3, -0.25) is 4.99 Å². The molecule has 0 spiro atoms. The number of aliphatic imine (C=N–C) groups is 1. The van der Waals surface area contributed by atoms with Gasteiger partial charge in [-0.1, -0.05) is 63.6 Å². The number of para-hydroxylation sites is 1. The molecule has 134 valence electrons. The van der Waals surface area contributed by atoms with Gasteiger partial charge in [0.2, 0.25) is 0 Å². The number of hydrogen-bond donors (Lipinski definition) is 0. The average molecular weight is 336 g/mol. The third-order valence-electron chi connectivity index (χ3n) is 5.98. The van der Waals surface area contributed by atoms with Gasteiger partial charge < -0.3 is 0 Å². The molecule has 0 aliphatic heterocycles. The third kappa shape index (κ3) is 3.52. The molecule has 1 heteroatoms. The van der Waals surface area contributed by atoms with E-state index in [1.165, 1.54) is 35.2 Å². The molecule has 1 aromatic rings. The normalized spacial score (nSPS) is 28.0. The van der Waals surface area contributed by atoms with Gasteiger partial charge in [0.1, 0.15) is 0 Å². The van der Waals surface area contributed by atoms with Crippen LogP contribution < -0.4 is 0 Å². The summed E-state index contributed by atoms with van der Waals surface area (Å²) in [5, 5.41) is 0. The number of fused-ring (bicyclic) bond motifs is 2. The van der Waals surface area contributed by atoms with E-state index in [4.69, 9.17) is 4.99 Å². The number of hydrogen-bond acceptors (Lipinski definition) is 1. The van der Waals surface area contributed by atoms with Gasteiger partial charge in [-0.05, 0) is 61.0 Å². The first-order chi connectivity index (χ1) is 11.8. The Labute approximate surface area is 154 Å². The van der Waals surface area contributed by atoms with Gasteiger partial charge in [0.25, 0.3) is 0 Å². The Morgan fingerprint density at radius 2 is 1.84 bits per heavy atom. The third-order valence-corrected chi connectivity index (χ3v) is 5.98. The SMILES string of the molecule is C=C(C)CC1(C=Nc2c(C(C)C)cccc2C(C)C)CC2C=CC1C2. The molecule has 3 atom stereocenters. The minimum Gasteiger partial charge on any atom is -0.260 e. The Hall–Kier alpha value is -1.63. The van der Waals surface area contributed by atoms with Crippen molar-refractivity contribution in [1.29, 1.82) is 0 Å². The number of rotatable bonds is 6. The number of benzene rings is 1. The fourth-order valence-electron chi connectivity index (χ4n) is 4.80. The smallest absolute Gasteiger partial charge is 0.0695 e. The fraction of sp³-hybridized carbons (Fsp3) is 0.542. The summed E-state index contributed by atoms with van der Waals surface area (Å²) in [7, 11) is 0. The Kier molecular flexibility index (Phi) is 5.04. The van der Waals surface area contributed by atoms with Crippen LogP contribution in [-0.4, -0.2) is 6.21 Å². The van der Waals surface area contributed by atoms with Gasteiger partial charge in [0.05, 0.1) is 5.69 Å². The van der Waals surface area contributed by atoms with Crippen LogP contribution in [0.2, 0.25) is 0 Å². The molecule has 0 N–H and O–H groups in total.